The van der Waals surface area contributed by atoms with Crippen LogP contribution in [-0.4, -0.2) is 10.8 Å². The number of rotatable bonds is 1. The van der Waals surface area contributed by atoms with E-state index in [1.807, 2.05) is 58.0 Å². The van der Waals surface area contributed by atoms with Gasteiger partial charge in [0.05, 0.1) is 5.52 Å². The summed E-state index contributed by atoms with van der Waals surface area (Å²) in [7, 11) is 0. The summed E-state index contributed by atoms with van der Waals surface area (Å²) in [6.45, 7) is 9.52. The topological polar surface area (TPSA) is 30.0 Å². The first kappa shape index (κ1) is 15.3. The van der Waals surface area contributed by atoms with Crippen molar-refractivity contribution in [3.05, 3.63) is 42.1 Å². The molecule has 92 valence electrons. The number of hydrogen-bond donors (Lipinski definition) is 0. The Morgan fingerprint density at radius 1 is 0.941 bits per heavy atom. The molecular formula is C15H21NO. The molecular weight excluding hydrogens is 210 g/mol. The molecule has 2 heteroatoms. The van der Waals surface area contributed by atoms with Crippen LogP contribution < -0.4 is 0 Å². The van der Waals surface area contributed by atoms with Crippen molar-refractivity contribution < 1.29 is 4.79 Å². The van der Waals surface area contributed by atoms with Gasteiger partial charge in [0.15, 0.2) is 5.78 Å². The van der Waals surface area contributed by atoms with E-state index in [1.54, 1.807) is 6.07 Å². The van der Waals surface area contributed by atoms with Crippen LogP contribution in [0.4, 0.5) is 0 Å². The van der Waals surface area contributed by atoms with E-state index in [0.29, 0.717) is 5.69 Å². The minimum Gasteiger partial charge on any atom is -0.293 e. The second kappa shape index (κ2) is 8.45. The second-order valence-corrected chi connectivity index (χ2v) is 2.95. The summed E-state index contributed by atoms with van der Waals surface area (Å²) >= 11 is 0. The summed E-state index contributed by atoms with van der Waals surface area (Å²) in [5.41, 5.74) is 1.40. The van der Waals surface area contributed by atoms with Gasteiger partial charge in [0.25, 0.3) is 0 Å². The summed E-state index contributed by atoms with van der Waals surface area (Å²) < 4.78 is 0. The molecule has 1 aromatic carbocycles. The first-order chi connectivity index (χ1) is 8.27. The highest BCUT2D eigenvalue weighted by Gasteiger charge is 2.00. The zero-order valence-electron chi connectivity index (χ0n) is 11.3. The predicted octanol–water partition coefficient (Wildman–Crippen LogP) is 4.49. The number of ketones is 1. The van der Waals surface area contributed by atoms with E-state index in [9.17, 15) is 4.79 Å². The van der Waals surface area contributed by atoms with Crippen LogP contribution in [0.1, 0.15) is 45.1 Å². The number of hydrogen-bond acceptors (Lipinski definition) is 2. The Balaban J connectivity index is 0.000000581. The van der Waals surface area contributed by atoms with Gasteiger partial charge in [-0.2, -0.15) is 0 Å². The lowest BCUT2D eigenvalue weighted by Gasteiger charge is -1.98. The van der Waals surface area contributed by atoms with E-state index in [2.05, 4.69) is 4.98 Å². The SMILES string of the molecule is CC.CC.CC(=O)c1ccc2ccccc2n1. The third-order valence-electron chi connectivity index (χ3n) is 1.96. The fourth-order valence-electron chi connectivity index (χ4n) is 1.26. The maximum Gasteiger partial charge on any atom is 0.178 e. The molecule has 2 nitrogen and oxygen atoms in total. The lowest BCUT2D eigenvalue weighted by atomic mass is 10.2. The Morgan fingerprint density at radius 2 is 1.53 bits per heavy atom. The van der Waals surface area contributed by atoms with Crippen LogP contribution in [0.15, 0.2) is 36.4 Å². The predicted molar refractivity (Wildman–Crippen MR) is 74.4 cm³/mol. The standard InChI is InChI=1S/C11H9NO.2C2H6/c1-8(13)10-7-6-9-4-2-3-5-11(9)12-10;2*1-2/h2-7H,1H3;2*1-2H3. The van der Waals surface area contributed by atoms with E-state index in [0.717, 1.165) is 10.9 Å². The maximum absolute atomic E-state index is 11.0. The highest BCUT2D eigenvalue weighted by molar-refractivity contribution is 5.94. The maximum atomic E-state index is 11.0. The lowest BCUT2D eigenvalue weighted by molar-refractivity contribution is 0.101. The average Bonchev–Trinajstić information content (AvgIpc) is 2.42. The summed E-state index contributed by atoms with van der Waals surface area (Å²) in [5.74, 6) is 0.00533. The van der Waals surface area contributed by atoms with E-state index in [4.69, 9.17) is 0 Å². The van der Waals surface area contributed by atoms with Crippen molar-refractivity contribution >= 4 is 16.7 Å². The van der Waals surface area contributed by atoms with Crippen molar-refractivity contribution in [3.8, 4) is 0 Å². The van der Waals surface area contributed by atoms with Crippen LogP contribution >= 0.6 is 0 Å². The summed E-state index contributed by atoms with van der Waals surface area (Å²) in [5, 5.41) is 1.06. The number of pyridine rings is 1. The molecule has 1 aromatic heterocycles. The Kier molecular flexibility index (Phi) is 7.61. The second-order valence-electron chi connectivity index (χ2n) is 2.95. The van der Waals surface area contributed by atoms with Crippen LogP contribution in [0, 0.1) is 0 Å². The summed E-state index contributed by atoms with van der Waals surface area (Å²) in [6, 6.07) is 11.4. The van der Waals surface area contributed by atoms with Crippen LogP contribution in [-0.2, 0) is 0 Å². The molecule has 0 bridgehead atoms. The van der Waals surface area contributed by atoms with E-state index >= 15 is 0 Å². The van der Waals surface area contributed by atoms with Crippen LogP contribution in [0.25, 0.3) is 10.9 Å². The number of Topliss-reactive ketones (excluding diaryl/α,β-unsaturated/α-hetero) is 1. The quantitative estimate of drug-likeness (QED) is 0.677. The Bertz CT molecular complexity index is 463. The molecule has 0 unspecified atom stereocenters. The summed E-state index contributed by atoms with van der Waals surface area (Å²) in [6.07, 6.45) is 0. The van der Waals surface area contributed by atoms with Gasteiger partial charge < -0.3 is 0 Å². The monoisotopic (exact) mass is 231 g/mol. The minimum atomic E-state index is 0.00533. The number of carbonyl (C=O) groups excluding carboxylic acids is 1. The van der Waals surface area contributed by atoms with Gasteiger partial charge in [-0.15, -0.1) is 0 Å². The van der Waals surface area contributed by atoms with Gasteiger partial charge in [-0.05, 0) is 12.1 Å². The van der Waals surface area contributed by atoms with Crippen LogP contribution in [0.3, 0.4) is 0 Å². The third-order valence-corrected chi connectivity index (χ3v) is 1.96. The molecule has 2 rings (SSSR count). The largest absolute Gasteiger partial charge is 0.293 e. The normalized spacial score (nSPS) is 8.53. The van der Waals surface area contributed by atoms with Gasteiger partial charge in [0.1, 0.15) is 5.69 Å². The average molecular weight is 231 g/mol. The van der Waals surface area contributed by atoms with Crippen molar-refractivity contribution in [2.45, 2.75) is 34.6 Å². The Labute approximate surface area is 104 Å². The number of nitrogens with zero attached hydrogens (tertiary/aromatic N) is 1. The van der Waals surface area contributed by atoms with E-state index < -0.39 is 0 Å². The third kappa shape index (κ3) is 4.35. The number of carbonyl (C=O) groups is 1. The molecule has 0 aliphatic heterocycles. The van der Waals surface area contributed by atoms with Gasteiger partial charge in [-0.3, -0.25) is 4.79 Å². The molecule has 2 aromatic rings. The summed E-state index contributed by atoms with van der Waals surface area (Å²) in [4.78, 5) is 15.3. The van der Waals surface area contributed by atoms with Crippen molar-refractivity contribution in [3.63, 3.8) is 0 Å². The molecule has 0 saturated heterocycles. The van der Waals surface area contributed by atoms with Crippen molar-refractivity contribution in [2.75, 3.05) is 0 Å². The van der Waals surface area contributed by atoms with E-state index in [-0.39, 0.29) is 5.78 Å². The first-order valence-corrected chi connectivity index (χ1v) is 6.14. The molecule has 0 spiro atoms. The zero-order valence-corrected chi connectivity index (χ0v) is 11.3. The Hall–Kier alpha value is -1.70. The zero-order chi connectivity index (χ0) is 13.3. The first-order valence-electron chi connectivity index (χ1n) is 6.14. The fraction of sp³-hybridized carbons (Fsp3) is 0.333. The molecule has 0 saturated carbocycles. The number of para-hydroxylation sites is 1. The Morgan fingerprint density at radius 3 is 2.12 bits per heavy atom. The smallest absolute Gasteiger partial charge is 0.178 e. The lowest BCUT2D eigenvalue weighted by Crippen LogP contribution is -1.95. The number of fused-ring (bicyclic) bond motifs is 1. The van der Waals surface area contributed by atoms with E-state index in [1.165, 1.54) is 6.92 Å². The number of benzene rings is 1. The molecule has 0 amide bonds. The fourth-order valence-corrected chi connectivity index (χ4v) is 1.26. The molecule has 0 aliphatic rings. The van der Waals surface area contributed by atoms with Crippen molar-refractivity contribution in [2.24, 2.45) is 0 Å². The molecule has 17 heavy (non-hydrogen) atoms. The molecule has 0 N–H and O–H groups in total. The molecule has 0 atom stereocenters. The van der Waals surface area contributed by atoms with Crippen molar-refractivity contribution in [1.29, 1.82) is 0 Å². The van der Waals surface area contributed by atoms with Crippen LogP contribution in [0.2, 0.25) is 0 Å². The minimum absolute atomic E-state index is 0.00533. The molecule has 0 fully saturated rings. The molecule has 0 radical (unpaired) electrons. The van der Waals surface area contributed by atoms with Gasteiger partial charge in [0.2, 0.25) is 0 Å². The van der Waals surface area contributed by atoms with Gasteiger partial charge in [-0.1, -0.05) is 52.0 Å². The van der Waals surface area contributed by atoms with Gasteiger partial charge in [-0.25, -0.2) is 4.98 Å². The van der Waals surface area contributed by atoms with Crippen LogP contribution in [0.5, 0.6) is 0 Å². The molecule has 0 aliphatic carbocycles. The van der Waals surface area contributed by atoms with Crippen molar-refractivity contribution in [1.82, 2.24) is 4.98 Å². The highest BCUT2D eigenvalue weighted by atomic mass is 16.1. The van der Waals surface area contributed by atoms with Gasteiger partial charge >= 0.3 is 0 Å². The number of aromatic nitrogens is 1. The highest BCUT2D eigenvalue weighted by Crippen LogP contribution is 2.11. The van der Waals surface area contributed by atoms with Gasteiger partial charge in [0, 0.05) is 12.3 Å². The molecule has 1 heterocycles.